The second kappa shape index (κ2) is 6.86. The quantitative estimate of drug-likeness (QED) is 0.401. The summed E-state index contributed by atoms with van der Waals surface area (Å²) < 4.78 is 0. The van der Waals surface area contributed by atoms with Crippen molar-refractivity contribution in [2.75, 3.05) is 16.8 Å². The number of nitrogens with one attached hydrogen (secondary N) is 1. The van der Waals surface area contributed by atoms with Gasteiger partial charge in [0.15, 0.2) is 0 Å². The summed E-state index contributed by atoms with van der Waals surface area (Å²) in [5, 5.41) is 14.8. The summed E-state index contributed by atoms with van der Waals surface area (Å²) in [6.07, 6.45) is 1.50. The third kappa shape index (κ3) is 2.35. The second-order valence-corrected chi connectivity index (χ2v) is 9.87. The highest BCUT2D eigenvalue weighted by molar-refractivity contribution is 6.32. The third-order valence-corrected chi connectivity index (χ3v) is 8.42. The Kier molecular flexibility index (Phi) is 4.29. The molecule has 1 spiro atoms. The normalized spacial score (nSPS) is 29.6. The Balaban J connectivity index is 1.56. The molecule has 174 valence electrons. The lowest BCUT2D eigenvalue weighted by Crippen LogP contribution is -2.54. The van der Waals surface area contributed by atoms with E-state index < -0.39 is 34.1 Å². The van der Waals surface area contributed by atoms with E-state index in [0.29, 0.717) is 40.4 Å². The SMILES string of the molecule is Cc1ccc([N+](=O)[O-])cc1N1C(=O)[C@@H]2[C@@H]3CCCN3[C@]3(C(=O)Nc4c3ccc(Cl)c4C)[C@H]2C1=O. The van der Waals surface area contributed by atoms with Crippen LogP contribution in [0.1, 0.15) is 29.5 Å². The summed E-state index contributed by atoms with van der Waals surface area (Å²) in [5.41, 5.74) is 1.22. The van der Waals surface area contributed by atoms with Crippen molar-refractivity contribution in [1.82, 2.24) is 4.90 Å². The smallest absolute Gasteiger partial charge is 0.271 e. The first kappa shape index (κ1) is 21.2. The standard InChI is InChI=1S/C24H21ClN4O5/c1-11-5-6-13(29(33)34)10-17(11)28-21(30)18-16-4-3-9-27(16)24(19(18)22(28)31)14-7-8-15(25)12(2)20(14)26-23(24)32/h5-8,10,16,18-19H,3-4,9H2,1-2H3,(H,26,32)/t16-,18+,19+,24-/m0/s1. The van der Waals surface area contributed by atoms with E-state index in [-0.39, 0.29) is 23.3 Å². The first-order chi connectivity index (χ1) is 16.2. The van der Waals surface area contributed by atoms with Gasteiger partial charge in [-0.15, -0.1) is 0 Å². The summed E-state index contributed by atoms with van der Waals surface area (Å²) in [6, 6.07) is 7.37. The molecule has 3 amide bonds. The number of hydrogen-bond acceptors (Lipinski definition) is 6. The molecule has 2 aromatic rings. The number of benzene rings is 2. The van der Waals surface area contributed by atoms with Crippen molar-refractivity contribution < 1.29 is 19.3 Å². The number of rotatable bonds is 2. The molecule has 0 aromatic heterocycles. The van der Waals surface area contributed by atoms with Gasteiger partial charge in [-0.3, -0.25) is 29.4 Å². The van der Waals surface area contributed by atoms with Crippen LogP contribution in [0.3, 0.4) is 0 Å². The number of amides is 3. The molecular weight excluding hydrogens is 460 g/mol. The Hall–Kier alpha value is -3.30. The molecule has 2 aromatic carbocycles. The molecule has 34 heavy (non-hydrogen) atoms. The molecule has 4 aliphatic rings. The lowest BCUT2D eigenvalue weighted by molar-refractivity contribution is -0.384. The molecule has 0 saturated carbocycles. The maximum Gasteiger partial charge on any atom is 0.271 e. The number of carbonyl (C=O) groups is 3. The third-order valence-electron chi connectivity index (χ3n) is 8.01. The predicted octanol–water partition coefficient (Wildman–Crippen LogP) is 3.30. The second-order valence-electron chi connectivity index (χ2n) is 9.46. The maximum absolute atomic E-state index is 14.0. The zero-order chi connectivity index (χ0) is 24.1. The molecule has 3 fully saturated rings. The van der Waals surface area contributed by atoms with Crippen molar-refractivity contribution in [2.24, 2.45) is 11.8 Å². The fraction of sp³-hybridized carbons (Fsp3) is 0.375. The van der Waals surface area contributed by atoms with E-state index in [2.05, 4.69) is 5.32 Å². The highest BCUT2D eigenvalue weighted by Crippen LogP contribution is 2.61. The first-order valence-corrected chi connectivity index (χ1v) is 11.6. The number of nitro groups is 1. The lowest BCUT2D eigenvalue weighted by Gasteiger charge is -2.36. The van der Waals surface area contributed by atoms with Gasteiger partial charge in [0.05, 0.1) is 28.1 Å². The van der Waals surface area contributed by atoms with Crippen LogP contribution in [0.5, 0.6) is 0 Å². The van der Waals surface area contributed by atoms with Crippen LogP contribution in [0.25, 0.3) is 0 Å². The number of fused-ring (bicyclic) bond motifs is 7. The molecule has 4 atom stereocenters. The molecular formula is C24H21ClN4O5. The van der Waals surface area contributed by atoms with Gasteiger partial charge < -0.3 is 5.32 Å². The number of nitro benzene ring substituents is 1. The zero-order valence-electron chi connectivity index (χ0n) is 18.5. The van der Waals surface area contributed by atoms with E-state index in [1.165, 1.54) is 18.2 Å². The van der Waals surface area contributed by atoms with Crippen LogP contribution in [-0.4, -0.2) is 40.1 Å². The average Bonchev–Trinajstić information content (AvgIpc) is 3.50. The van der Waals surface area contributed by atoms with E-state index in [1.807, 2.05) is 11.8 Å². The van der Waals surface area contributed by atoms with Crippen LogP contribution in [0.4, 0.5) is 17.1 Å². The maximum atomic E-state index is 14.0. The summed E-state index contributed by atoms with van der Waals surface area (Å²) in [7, 11) is 0. The van der Waals surface area contributed by atoms with E-state index >= 15 is 0 Å². The number of aryl methyl sites for hydroxylation is 1. The number of hydrogen-bond donors (Lipinski definition) is 1. The highest BCUT2D eigenvalue weighted by atomic mass is 35.5. The Labute approximate surface area is 199 Å². The van der Waals surface area contributed by atoms with E-state index in [1.54, 1.807) is 19.1 Å². The summed E-state index contributed by atoms with van der Waals surface area (Å²) in [6.45, 7) is 4.12. The van der Waals surface area contributed by atoms with Gasteiger partial charge >= 0.3 is 0 Å². The number of carbonyl (C=O) groups excluding carboxylic acids is 3. The molecule has 0 unspecified atom stereocenters. The van der Waals surface area contributed by atoms with Gasteiger partial charge in [-0.2, -0.15) is 0 Å². The van der Waals surface area contributed by atoms with Gasteiger partial charge in [0.1, 0.15) is 5.54 Å². The van der Waals surface area contributed by atoms with Crippen molar-refractivity contribution in [3.05, 3.63) is 62.2 Å². The van der Waals surface area contributed by atoms with Crippen LogP contribution >= 0.6 is 11.6 Å². The molecule has 3 saturated heterocycles. The number of anilines is 2. The van der Waals surface area contributed by atoms with E-state index in [4.69, 9.17) is 11.6 Å². The van der Waals surface area contributed by atoms with E-state index in [9.17, 15) is 24.5 Å². The van der Waals surface area contributed by atoms with Gasteiger partial charge in [0.2, 0.25) is 17.7 Å². The van der Waals surface area contributed by atoms with Gasteiger partial charge in [0.25, 0.3) is 5.69 Å². The lowest BCUT2D eigenvalue weighted by atomic mass is 9.75. The largest absolute Gasteiger partial charge is 0.324 e. The number of imide groups is 1. The van der Waals surface area contributed by atoms with Gasteiger partial charge in [0, 0.05) is 28.8 Å². The Morgan fingerprint density at radius 3 is 2.65 bits per heavy atom. The predicted molar refractivity (Wildman–Crippen MR) is 124 cm³/mol. The minimum absolute atomic E-state index is 0.198. The van der Waals surface area contributed by atoms with Crippen LogP contribution in [0.15, 0.2) is 30.3 Å². The van der Waals surface area contributed by atoms with Gasteiger partial charge in [-0.05, 0) is 50.4 Å². The zero-order valence-corrected chi connectivity index (χ0v) is 19.3. The average molecular weight is 481 g/mol. The Bertz CT molecular complexity index is 1340. The molecule has 4 aliphatic heterocycles. The molecule has 1 N–H and O–H groups in total. The summed E-state index contributed by atoms with van der Waals surface area (Å²) >= 11 is 6.32. The molecule has 4 heterocycles. The minimum atomic E-state index is -1.31. The highest BCUT2D eigenvalue weighted by Gasteiger charge is 2.74. The van der Waals surface area contributed by atoms with Gasteiger partial charge in [-0.25, -0.2) is 4.90 Å². The number of non-ortho nitro benzene ring substituents is 1. The van der Waals surface area contributed by atoms with Crippen molar-refractivity contribution in [3.8, 4) is 0 Å². The number of halogens is 1. The van der Waals surface area contributed by atoms with Crippen LogP contribution in [0, 0.1) is 35.8 Å². The molecule has 0 aliphatic carbocycles. The van der Waals surface area contributed by atoms with Crippen molar-refractivity contribution in [2.45, 2.75) is 38.3 Å². The fourth-order valence-electron chi connectivity index (χ4n) is 6.58. The Morgan fingerprint density at radius 1 is 1.15 bits per heavy atom. The molecule has 0 radical (unpaired) electrons. The van der Waals surface area contributed by atoms with Crippen LogP contribution < -0.4 is 10.2 Å². The fourth-order valence-corrected chi connectivity index (χ4v) is 6.74. The molecule has 6 rings (SSSR count). The minimum Gasteiger partial charge on any atom is -0.324 e. The van der Waals surface area contributed by atoms with E-state index in [0.717, 1.165) is 11.3 Å². The van der Waals surface area contributed by atoms with Crippen molar-refractivity contribution >= 4 is 46.4 Å². The topological polar surface area (TPSA) is 113 Å². The van der Waals surface area contributed by atoms with Crippen molar-refractivity contribution in [1.29, 1.82) is 0 Å². The molecule has 9 nitrogen and oxygen atoms in total. The Morgan fingerprint density at radius 2 is 1.91 bits per heavy atom. The van der Waals surface area contributed by atoms with Crippen LogP contribution in [-0.2, 0) is 19.9 Å². The molecule has 0 bridgehead atoms. The number of nitrogens with zero attached hydrogens (tertiary/aromatic N) is 3. The summed E-state index contributed by atoms with van der Waals surface area (Å²) in [5.74, 6) is -2.86. The summed E-state index contributed by atoms with van der Waals surface area (Å²) in [4.78, 5) is 55.5. The monoisotopic (exact) mass is 480 g/mol. The first-order valence-electron chi connectivity index (χ1n) is 11.2. The van der Waals surface area contributed by atoms with Gasteiger partial charge in [-0.1, -0.05) is 23.7 Å². The molecule has 10 heteroatoms. The van der Waals surface area contributed by atoms with Crippen LogP contribution in [0.2, 0.25) is 5.02 Å². The van der Waals surface area contributed by atoms with Crippen molar-refractivity contribution in [3.63, 3.8) is 0 Å².